The average Bonchev–Trinajstić information content (AvgIpc) is 2.92. The van der Waals surface area contributed by atoms with Crippen LogP contribution in [0.25, 0.3) is 22.0 Å². The minimum Gasteiger partial charge on any atom is -0.375 e. The monoisotopic (exact) mass is 410 g/mol. The maximum absolute atomic E-state index is 14.7. The van der Waals surface area contributed by atoms with Crippen LogP contribution < -0.4 is 5.32 Å². The molecule has 0 saturated heterocycles. The fourth-order valence-electron chi connectivity index (χ4n) is 3.21. The Hall–Kier alpha value is -3.01. The number of pyridine rings is 1. The lowest BCUT2D eigenvalue weighted by Crippen LogP contribution is -2.41. The summed E-state index contributed by atoms with van der Waals surface area (Å²) in [6, 6.07) is 3.97. The van der Waals surface area contributed by atoms with Gasteiger partial charge in [-0.15, -0.1) is 0 Å². The second kappa shape index (κ2) is 6.80. The molecule has 2 aromatic heterocycles. The van der Waals surface area contributed by atoms with E-state index in [1.807, 2.05) is 0 Å². The maximum atomic E-state index is 14.7. The number of anilines is 1. The van der Waals surface area contributed by atoms with Crippen LogP contribution in [-0.2, 0) is 17.4 Å². The standard InChI is InChI=1S/C19H18F4N4O2/c1-9-8-24-15(25-10(2)28)7-12(9)11-5-13-16(14(20)6-11)26-27(4)17(13)18(3,29)19(21,22)23/h5-8,29H,1-4H3,(H,24,25,28)/t18-/m1/s1. The summed E-state index contributed by atoms with van der Waals surface area (Å²) in [6.07, 6.45) is -3.54. The summed E-state index contributed by atoms with van der Waals surface area (Å²) in [6.45, 7) is 3.59. The van der Waals surface area contributed by atoms with Crippen LogP contribution >= 0.6 is 0 Å². The number of carbonyl (C=O) groups excluding carboxylic acids is 1. The summed E-state index contributed by atoms with van der Waals surface area (Å²) in [5.41, 5.74) is -2.76. The van der Waals surface area contributed by atoms with Crippen LogP contribution in [0.2, 0.25) is 0 Å². The number of halogens is 4. The molecule has 0 bridgehead atoms. The van der Waals surface area contributed by atoms with Gasteiger partial charge < -0.3 is 10.4 Å². The highest BCUT2D eigenvalue weighted by Crippen LogP contribution is 2.42. The number of alkyl halides is 3. The second-order valence-electron chi connectivity index (χ2n) is 6.96. The first-order chi connectivity index (χ1) is 13.3. The van der Waals surface area contributed by atoms with E-state index < -0.39 is 23.3 Å². The molecule has 29 heavy (non-hydrogen) atoms. The van der Waals surface area contributed by atoms with Gasteiger partial charge in [0.05, 0.1) is 5.69 Å². The number of aromatic nitrogens is 3. The summed E-state index contributed by atoms with van der Waals surface area (Å²) in [5.74, 6) is -0.980. The van der Waals surface area contributed by atoms with Gasteiger partial charge in [0.15, 0.2) is 11.4 Å². The molecule has 0 saturated carbocycles. The minimum atomic E-state index is -4.99. The fraction of sp³-hybridized carbons (Fsp3) is 0.316. The largest absolute Gasteiger partial charge is 0.422 e. The summed E-state index contributed by atoms with van der Waals surface area (Å²) in [7, 11) is 1.21. The van der Waals surface area contributed by atoms with Crippen molar-refractivity contribution in [3.63, 3.8) is 0 Å². The van der Waals surface area contributed by atoms with E-state index in [4.69, 9.17) is 0 Å². The molecule has 154 valence electrons. The third kappa shape index (κ3) is 3.55. The van der Waals surface area contributed by atoms with Crippen molar-refractivity contribution in [2.45, 2.75) is 32.5 Å². The number of benzene rings is 1. The normalized spacial score (nSPS) is 14.1. The van der Waals surface area contributed by atoms with Crippen LogP contribution in [0.3, 0.4) is 0 Å². The van der Waals surface area contributed by atoms with Crippen LogP contribution in [0, 0.1) is 12.7 Å². The Kier molecular flexibility index (Phi) is 4.86. The van der Waals surface area contributed by atoms with Crippen LogP contribution in [0.4, 0.5) is 23.4 Å². The van der Waals surface area contributed by atoms with Gasteiger partial charge in [-0.3, -0.25) is 9.48 Å². The van der Waals surface area contributed by atoms with Gasteiger partial charge in [0, 0.05) is 25.6 Å². The van der Waals surface area contributed by atoms with Gasteiger partial charge in [0.1, 0.15) is 11.3 Å². The molecule has 0 aliphatic rings. The van der Waals surface area contributed by atoms with Crippen LogP contribution in [0.5, 0.6) is 0 Å². The van der Waals surface area contributed by atoms with E-state index in [0.717, 1.165) is 10.7 Å². The number of carbonyl (C=O) groups is 1. The number of amides is 1. The first-order valence-corrected chi connectivity index (χ1v) is 8.53. The average molecular weight is 410 g/mol. The quantitative estimate of drug-likeness (QED) is 0.644. The van der Waals surface area contributed by atoms with Gasteiger partial charge in [-0.05, 0) is 48.7 Å². The molecule has 0 spiro atoms. The number of hydrogen-bond acceptors (Lipinski definition) is 4. The molecule has 6 nitrogen and oxygen atoms in total. The summed E-state index contributed by atoms with van der Waals surface area (Å²) < 4.78 is 55.9. The molecule has 0 aliphatic heterocycles. The van der Waals surface area contributed by atoms with Gasteiger partial charge in [0.25, 0.3) is 0 Å². The lowest BCUT2D eigenvalue weighted by Gasteiger charge is -2.26. The zero-order valence-corrected chi connectivity index (χ0v) is 16.0. The van der Waals surface area contributed by atoms with Crippen molar-refractivity contribution < 1.29 is 27.5 Å². The topological polar surface area (TPSA) is 80.0 Å². The van der Waals surface area contributed by atoms with Crippen LogP contribution in [-0.4, -0.2) is 32.0 Å². The Balaban J connectivity index is 2.28. The van der Waals surface area contributed by atoms with Crippen molar-refractivity contribution in [2.24, 2.45) is 7.05 Å². The molecule has 10 heteroatoms. The number of aryl methyl sites for hydroxylation is 2. The molecule has 1 amide bonds. The van der Waals surface area contributed by atoms with Crippen LogP contribution in [0.15, 0.2) is 24.4 Å². The zero-order valence-electron chi connectivity index (χ0n) is 16.0. The minimum absolute atomic E-state index is 0.165. The highest BCUT2D eigenvalue weighted by atomic mass is 19.4. The first-order valence-electron chi connectivity index (χ1n) is 8.53. The molecule has 0 radical (unpaired) electrons. The summed E-state index contributed by atoms with van der Waals surface area (Å²) in [4.78, 5) is 15.3. The van der Waals surface area contributed by atoms with Crippen molar-refractivity contribution in [3.8, 4) is 11.1 Å². The molecule has 2 heterocycles. The molecule has 2 N–H and O–H groups in total. The Labute approximate surface area is 163 Å². The van der Waals surface area contributed by atoms with E-state index >= 15 is 0 Å². The first kappa shape index (κ1) is 20.7. The molecular formula is C19H18F4N4O2. The molecule has 0 aliphatic carbocycles. The van der Waals surface area contributed by atoms with Gasteiger partial charge in [0.2, 0.25) is 5.91 Å². The number of nitrogens with zero attached hydrogens (tertiary/aromatic N) is 3. The Morgan fingerprint density at radius 2 is 1.90 bits per heavy atom. The number of fused-ring (bicyclic) bond motifs is 1. The number of rotatable bonds is 3. The summed E-state index contributed by atoms with van der Waals surface area (Å²) >= 11 is 0. The van der Waals surface area contributed by atoms with Crippen molar-refractivity contribution >= 4 is 22.6 Å². The van der Waals surface area contributed by atoms with E-state index in [-0.39, 0.29) is 28.2 Å². The maximum Gasteiger partial charge on any atom is 0.422 e. The van der Waals surface area contributed by atoms with Crippen molar-refractivity contribution in [1.29, 1.82) is 0 Å². The van der Waals surface area contributed by atoms with E-state index in [0.29, 0.717) is 18.1 Å². The van der Waals surface area contributed by atoms with Gasteiger partial charge in [-0.1, -0.05) is 0 Å². The number of nitrogens with one attached hydrogen (secondary N) is 1. The molecule has 1 aromatic carbocycles. The third-order valence-corrected chi connectivity index (χ3v) is 4.62. The van der Waals surface area contributed by atoms with Gasteiger partial charge >= 0.3 is 6.18 Å². The van der Waals surface area contributed by atoms with Gasteiger partial charge in [-0.25, -0.2) is 9.37 Å². The third-order valence-electron chi connectivity index (χ3n) is 4.62. The number of aliphatic hydroxyl groups is 1. The molecule has 1 atom stereocenters. The van der Waals surface area contributed by atoms with E-state index in [1.165, 1.54) is 32.3 Å². The highest BCUT2D eigenvalue weighted by Gasteiger charge is 2.54. The molecule has 0 unspecified atom stereocenters. The predicted octanol–water partition coefficient (Wildman–Crippen LogP) is 3.81. The number of hydrogen-bond donors (Lipinski definition) is 2. The lowest BCUT2D eigenvalue weighted by atomic mass is 9.94. The molecule has 3 rings (SSSR count). The Morgan fingerprint density at radius 1 is 1.24 bits per heavy atom. The zero-order chi connectivity index (χ0) is 21.7. The highest BCUT2D eigenvalue weighted by molar-refractivity contribution is 5.91. The Morgan fingerprint density at radius 3 is 2.48 bits per heavy atom. The van der Waals surface area contributed by atoms with E-state index in [9.17, 15) is 27.5 Å². The Bertz CT molecular complexity index is 1120. The second-order valence-corrected chi connectivity index (χ2v) is 6.96. The summed E-state index contributed by atoms with van der Waals surface area (Å²) in [5, 5.41) is 16.3. The van der Waals surface area contributed by atoms with Crippen molar-refractivity contribution in [3.05, 3.63) is 41.5 Å². The smallest absolute Gasteiger partial charge is 0.375 e. The van der Waals surface area contributed by atoms with E-state index in [2.05, 4.69) is 15.4 Å². The lowest BCUT2D eigenvalue weighted by molar-refractivity contribution is -0.260. The fourth-order valence-corrected chi connectivity index (χ4v) is 3.21. The molecule has 3 aromatic rings. The van der Waals surface area contributed by atoms with Crippen LogP contribution in [0.1, 0.15) is 25.1 Å². The predicted molar refractivity (Wildman–Crippen MR) is 98.6 cm³/mol. The van der Waals surface area contributed by atoms with E-state index in [1.54, 1.807) is 6.92 Å². The van der Waals surface area contributed by atoms with Gasteiger partial charge in [-0.2, -0.15) is 18.3 Å². The molecular weight excluding hydrogens is 392 g/mol. The van der Waals surface area contributed by atoms with Crippen molar-refractivity contribution in [2.75, 3.05) is 5.32 Å². The SMILES string of the molecule is CC(=O)Nc1cc(-c2cc(F)c3nn(C)c([C@@](C)(O)C(F)(F)F)c3c2)c(C)cn1. The molecule has 0 fully saturated rings. The van der Waals surface area contributed by atoms with Crippen molar-refractivity contribution in [1.82, 2.24) is 14.8 Å².